The molecule has 1 aromatic heterocycles. The predicted molar refractivity (Wildman–Crippen MR) is 58.0 cm³/mol. The van der Waals surface area contributed by atoms with Crippen LogP contribution in [0.1, 0.15) is 6.42 Å². The van der Waals surface area contributed by atoms with Gasteiger partial charge in [-0.15, -0.1) is 0 Å². The second-order valence-corrected chi connectivity index (χ2v) is 3.40. The van der Waals surface area contributed by atoms with Crippen LogP contribution >= 0.6 is 0 Å². The monoisotopic (exact) mass is 204 g/mol. The summed E-state index contributed by atoms with van der Waals surface area (Å²) in [5.74, 6) is -0.331. The fraction of sp³-hybridized carbons (Fsp3) is 0.200. The van der Waals surface area contributed by atoms with Crippen LogP contribution in [0.5, 0.6) is 0 Å². The Labute approximate surface area is 86.7 Å². The molecule has 1 heterocycles. The summed E-state index contributed by atoms with van der Waals surface area (Å²) >= 11 is 0. The van der Waals surface area contributed by atoms with Crippen LogP contribution in [-0.2, 0) is 11.3 Å². The van der Waals surface area contributed by atoms with Gasteiger partial charge in [-0.25, -0.2) is 0 Å². The van der Waals surface area contributed by atoms with Gasteiger partial charge in [0.2, 0.25) is 5.91 Å². The molecular formula is C10H12N4O. The maximum absolute atomic E-state index is 10.7. The SMILES string of the molecule is NC(=O)CCn1ncc2ccc(N)cc21. The summed E-state index contributed by atoms with van der Waals surface area (Å²) in [5.41, 5.74) is 12.4. The topological polar surface area (TPSA) is 86.9 Å². The van der Waals surface area contributed by atoms with Gasteiger partial charge in [0, 0.05) is 17.5 Å². The number of hydrogen-bond donors (Lipinski definition) is 2. The highest BCUT2D eigenvalue weighted by atomic mass is 16.1. The maximum Gasteiger partial charge on any atom is 0.219 e. The van der Waals surface area contributed by atoms with E-state index in [0.717, 1.165) is 10.9 Å². The highest BCUT2D eigenvalue weighted by Gasteiger charge is 2.03. The van der Waals surface area contributed by atoms with Crippen molar-refractivity contribution in [1.82, 2.24) is 9.78 Å². The summed E-state index contributed by atoms with van der Waals surface area (Å²) in [6.07, 6.45) is 2.03. The molecule has 4 N–H and O–H groups in total. The van der Waals surface area contributed by atoms with E-state index >= 15 is 0 Å². The highest BCUT2D eigenvalue weighted by Crippen LogP contribution is 2.16. The number of carbonyl (C=O) groups is 1. The number of carbonyl (C=O) groups excluding carboxylic acids is 1. The molecule has 78 valence electrons. The van der Waals surface area contributed by atoms with Crippen molar-refractivity contribution in [3.05, 3.63) is 24.4 Å². The van der Waals surface area contributed by atoms with Crippen molar-refractivity contribution < 1.29 is 4.79 Å². The summed E-state index contributed by atoms with van der Waals surface area (Å²) in [4.78, 5) is 10.7. The van der Waals surface area contributed by atoms with Gasteiger partial charge in [0.25, 0.3) is 0 Å². The van der Waals surface area contributed by atoms with Crippen molar-refractivity contribution >= 4 is 22.5 Å². The molecule has 15 heavy (non-hydrogen) atoms. The number of nitrogens with two attached hydrogens (primary N) is 2. The minimum Gasteiger partial charge on any atom is -0.399 e. The first-order chi connectivity index (χ1) is 7.16. The molecule has 0 bridgehead atoms. The lowest BCUT2D eigenvalue weighted by molar-refractivity contribution is -0.118. The zero-order chi connectivity index (χ0) is 10.8. The van der Waals surface area contributed by atoms with Gasteiger partial charge >= 0.3 is 0 Å². The van der Waals surface area contributed by atoms with E-state index in [4.69, 9.17) is 11.5 Å². The molecule has 1 aromatic carbocycles. The number of aryl methyl sites for hydroxylation is 1. The van der Waals surface area contributed by atoms with E-state index in [-0.39, 0.29) is 12.3 Å². The number of aromatic nitrogens is 2. The number of anilines is 1. The van der Waals surface area contributed by atoms with Crippen LogP contribution in [0.25, 0.3) is 10.9 Å². The van der Waals surface area contributed by atoms with Gasteiger partial charge in [-0.1, -0.05) is 0 Å². The number of hydrogen-bond acceptors (Lipinski definition) is 3. The van der Waals surface area contributed by atoms with Gasteiger partial charge in [0.15, 0.2) is 0 Å². The average Bonchev–Trinajstić information content (AvgIpc) is 2.57. The highest BCUT2D eigenvalue weighted by molar-refractivity contribution is 5.82. The largest absolute Gasteiger partial charge is 0.399 e. The molecule has 5 nitrogen and oxygen atoms in total. The van der Waals surface area contributed by atoms with Gasteiger partial charge in [0.1, 0.15) is 0 Å². The smallest absolute Gasteiger partial charge is 0.219 e. The summed E-state index contributed by atoms with van der Waals surface area (Å²) in [6, 6.07) is 5.56. The fourth-order valence-electron chi connectivity index (χ4n) is 1.48. The molecule has 5 heteroatoms. The summed E-state index contributed by atoms with van der Waals surface area (Å²) in [5, 5.41) is 5.17. The lowest BCUT2D eigenvalue weighted by atomic mass is 10.2. The Kier molecular flexibility index (Phi) is 2.29. The number of benzene rings is 1. The zero-order valence-corrected chi connectivity index (χ0v) is 8.18. The van der Waals surface area contributed by atoms with E-state index in [9.17, 15) is 4.79 Å². The van der Waals surface area contributed by atoms with Gasteiger partial charge in [-0.05, 0) is 18.2 Å². The lowest BCUT2D eigenvalue weighted by Gasteiger charge is -2.01. The van der Waals surface area contributed by atoms with E-state index in [2.05, 4.69) is 5.10 Å². The number of rotatable bonds is 3. The normalized spacial score (nSPS) is 10.7. The molecule has 0 atom stereocenters. The molecule has 2 rings (SSSR count). The Morgan fingerprint density at radius 2 is 2.27 bits per heavy atom. The minimum absolute atomic E-state index is 0.283. The molecule has 0 fully saturated rings. The summed E-state index contributed by atoms with van der Waals surface area (Å²) in [6.45, 7) is 0.488. The summed E-state index contributed by atoms with van der Waals surface area (Å²) in [7, 11) is 0. The molecule has 0 aliphatic carbocycles. The van der Waals surface area contributed by atoms with Gasteiger partial charge in [0.05, 0.1) is 18.3 Å². The van der Waals surface area contributed by atoms with Crippen LogP contribution in [0.4, 0.5) is 5.69 Å². The van der Waals surface area contributed by atoms with Crippen molar-refractivity contribution in [2.24, 2.45) is 5.73 Å². The van der Waals surface area contributed by atoms with Crippen molar-refractivity contribution in [2.75, 3.05) is 5.73 Å². The quantitative estimate of drug-likeness (QED) is 0.713. The molecule has 0 spiro atoms. The van der Waals surface area contributed by atoms with Crippen LogP contribution < -0.4 is 11.5 Å². The van der Waals surface area contributed by atoms with E-state index < -0.39 is 0 Å². The number of nitrogens with zero attached hydrogens (tertiary/aromatic N) is 2. The van der Waals surface area contributed by atoms with Gasteiger partial charge < -0.3 is 11.5 Å². The van der Waals surface area contributed by atoms with Gasteiger partial charge in [-0.3, -0.25) is 9.48 Å². The first-order valence-corrected chi connectivity index (χ1v) is 4.66. The first kappa shape index (κ1) is 9.51. The molecule has 0 unspecified atom stereocenters. The third kappa shape index (κ3) is 1.90. The Morgan fingerprint density at radius 1 is 1.47 bits per heavy atom. The van der Waals surface area contributed by atoms with Crippen molar-refractivity contribution in [1.29, 1.82) is 0 Å². The van der Waals surface area contributed by atoms with Crippen LogP contribution in [0.15, 0.2) is 24.4 Å². The van der Waals surface area contributed by atoms with Gasteiger partial charge in [-0.2, -0.15) is 5.10 Å². The molecule has 0 saturated heterocycles. The number of amides is 1. The Bertz CT molecular complexity index is 503. The predicted octanol–water partition coefficient (Wildman–Crippen LogP) is 0.494. The van der Waals surface area contributed by atoms with Crippen LogP contribution in [0.2, 0.25) is 0 Å². The minimum atomic E-state index is -0.331. The van der Waals surface area contributed by atoms with Crippen LogP contribution in [-0.4, -0.2) is 15.7 Å². The molecule has 0 saturated carbocycles. The summed E-state index contributed by atoms with van der Waals surface area (Å²) < 4.78 is 1.73. The first-order valence-electron chi connectivity index (χ1n) is 4.66. The van der Waals surface area contributed by atoms with E-state index in [1.165, 1.54) is 0 Å². The van der Waals surface area contributed by atoms with E-state index in [1.54, 1.807) is 10.9 Å². The number of primary amides is 1. The Morgan fingerprint density at radius 3 is 3.00 bits per heavy atom. The molecule has 2 aromatic rings. The standard InChI is InChI=1S/C10H12N4O/c11-8-2-1-7-6-13-14(9(7)5-8)4-3-10(12)15/h1-2,5-6H,3-4,11H2,(H2,12,15). The second kappa shape index (κ2) is 3.61. The Balaban J connectivity index is 2.35. The maximum atomic E-state index is 10.7. The zero-order valence-electron chi connectivity index (χ0n) is 8.18. The molecular weight excluding hydrogens is 192 g/mol. The van der Waals surface area contributed by atoms with E-state index in [1.807, 2.05) is 18.2 Å². The van der Waals surface area contributed by atoms with E-state index in [0.29, 0.717) is 12.2 Å². The second-order valence-electron chi connectivity index (χ2n) is 3.40. The fourth-order valence-corrected chi connectivity index (χ4v) is 1.48. The third-order valence-electron chi connectivity index (χ3n) is 2.24. The molecule has 0 aliphatic rings. The molecule has 1 amide bonds. The van der Waals surface area contributed by atoms with Crippen molar-refractivity contribution in [3.63, 3.8) is 0 Å². The number of fused-ring (bicyclic) bond motifs is 1. The van der Waals surface area contributed by atoms with Crippen LogP contribution in [0, 0.1) is 0 Å². The molecule has 0 radical (unpaired) electrons. The number of nitrogen functional groups attached to an aromatic ring is 1. The average molecular weight is 204 g/mol. The third-order valence-corrected chi connectivity index (χ3v) is 2.24. The van der Waals surface area contributed by atoms with Crippen molar-refractivity contribution in [2.45, 2.75) is 13.0 Å². The Hall–Kier alpha value is -2.04. The van der Waals surface area contributed by atoms with Crippen LogP contribution in [0.3, 0.4) is 0 Å². The van der Waals surface area contributed by atoms with Crippen molar-refractivity contribution in [3.8, 4) is 0 Å². The molecule has 0 aliphatic heterocycles. The lowest BCUT2D eigenvalue weighted by Crippen LogP contribution is -2.14.